The number of nitrogens with one attached hydrogen (secondary N) is 1. The highest BCUT2D eigenvalue weighted by atomic mass is 16.2. The second-order valence-electron chi connectivity index (χ2n) is 5.99. The van der Waals surface area contributed by atoms with Gasteiger partial charge in [0.05, 0.1) is 6.04 Å². The van der Waals surface area contributed by atoms with Crippen molar-refractivity contribution in [3.63, 3.8) is 0 Å². The molecule has 0 aromatic carbocycles. The number of nitrogens with zero attached hydrogens (tertiary/aromatic N) is 1. The Morgan fingerprint density at radius 2 is 1.94 bits per heavy atom. The molecule has 1 amide bonds. The van der Waals surface area contributed by atoms with Crippen molar-refractivity contribution in [1.29, 1.82) is 0 Å². The number of likely N-dealkylation sites (tertiary alicyclic amines) is 1. The summed E-state index contributed by atoms with van der Waals surface area (Å²) in [4.78, 5) is 14.3. The monoisotopic (exact) mass is 224 g/mol. The van der Waals surface area contributed by atoms with Crippen LogP contribution in [0.5, 0.6) is 0 Å². The number of amides is 1. The minimum absolute atomic E-state index is 0.106. The molecule has 2 aliphatic heterocycles. The molecule has 2 heterocycles. The molecule has 1 unspecified atom stereocenters. The first-order valence-corrected chi connectivity index (χ1v) is 6.61. The van der Waals surface area contributed by atoms with Gasteiger partial charge in [-0.1, -0.05) is 20.3 Å². The number of hydrogen-bond acceptors (Lipinski definition) is 2. The lowest BCUT2D eigenvalue weighted by Gasteiger charge is -2.39. The minimum atomic E-state index is 0.106. The van der Waals surface area contributed by atoms with E-state index in [9.17, 15) is 4.79 Å². The fraction of sp³-hybridized carbons (Fsp3) is 0.923. The predicted molar refractivity (Wildman–Crippen MR) is 65.2 cm³/mol. The molecule has 0 radical (unpaired) electrons. The fourth-order valence-electron chi connectivity index (χ4n) is 2.62. The van der Waals surface area contributed by atoms with Crippen molar-refractivity contribution in [2.24, 2.45) is 5.41 Å². The quantitative estimate of drug-likeness (QED) is 0.736. The minimum Gasteiger partial charge on any atom is -0.341 e. The van der Waals surface area contributed by atoms with E-state index in [-0.39, 0.29) is 6.04 Å². The molecule has 0 aliphatic carbocycles. The molecule has 0 saturated carbocycles. The van der Waals surface area contributed by atoms with E-state index < -0.39 is 0 Å². The fourth-order valence-corrected chi connectivity index (χ4v) is 2.62. The van der Waals surface area contributed by atoms with Crippen LogP contribution in [-0.2, 0) is 4.79 Å². The van der Waals surface area contributed by atoms with E-state index in [1.54, 1.807) is 0 Å². The van der Waals surface area contributed by atoms with Gasteiger partial charge in [-0.25, -0.2) is 0 Å². The maximum Gasteiger partial charge on any atom is 0.239 e. The highest BCUT2D eigenvalue weighted by molar-refractivity contribution is 5.82. The Hall–Kier alpha value is -0.570. The molecule has 3 nitrogen and oxygen atoms in total. The topological polar surface area (TPSA) is 32.3 Å². The first-order chi connectivity index (χ1) is 7.58. The normalized spacial score (nSPS) is 30.1. The van der Waals surface area contributed by atoms with E-state index in [1.807, 2.05) is 0 Å². The SMILES string of the molecule is CC1(C)CCN(C(=O)C2CCCCN2)CC1. The Kier molecular flexibility index (Phi) is 3.53. The zero-order valence-corrected chi connectivity index (χ0v) is 10.6. The third kappa shape index (κ3) is 2.76. The Labute approximate surface area is 98.6 Å². The molecule has 0 bridgehead atoms. The highest BCUT2D eigenvalue weighted by Gasteiger charge is 2.31. The highest BCUT2D eigenvalue weighted by Crippen LogP contribution is 2.30. The van der Waals surface area contributed by atoms with Crippen LogP contribution in [0.15, 0.2) is 0 Å². The van der Waals surface area contributed by atoms with Crippen LogP contribution in [0, 0.1) is 5.41 Å². The molecule has 92 valence electrons. The van der Waals surface area contributed by atoms with Crippen LogP contribution in [0.2, 0.25) is 0 Å². The van der Waals surface area contributed by atoms with Crippen LogP contribution in [0.3, 0.4) is 0 Å². The van der Waals surface area contributed by atoms with Gasteiger partial charge in [-0.3, -0.25) is 4.79 Å². The van der Waals surface area contributed by atoms with Gasteiger partial charge in [-0.15, -0.1) is 0 Å². The molecular formula is C13H24N2O. The lowest BCUT2D eigenvalue weighted by Crippen LogP contribution is -2.51. The summed E-state index contributed by atoms with van der Waals surface area (Å²) in [5.41, 5.74) is 0.427. The van der Waals surface area contributed by atoms with E-state index in [2.05, 4.69) is 24.1 Å². The van der Waals surface area contributed by atoms with Crippen LogP contribution < -0.4 is 5.32 Å². The summed E-state index contributed by atoms with van der Waals surface area (Å²) < 4.78 is 0. The number of piperidine rings is 2. The molecule has 2 saturated heterocycles. The molecule has 2 rings (SSSR count). The molecule has 0 aromatic heterocycles. The molecule has 16 heavy (non-hydrogen) atoms. The Morgan fingerprint density at radius 3 is 2.50 bits per heavy atom. The first kappa shape index (κ1) is 11.9. The van der Waals surface area contributed by atoms with Crippen LogP contribution in [0.25, 0.3) is 0 Å². The average Bonchev–Trinajstić information content (AvgIpc) is 2.29. The molecular weight excluding hydrogens is 200 g/mol. The zero-order chi connectivity index (χ0) is 11.6. The summed E-state index contributed by atoms with van der Waals surface area (Å²) in [5, 5.41) is 3.35. The molecule has 0 spiro atoms. The Morgan fingerprint density at radius 1 is 1.25 bits per heavy atom. The van der Waals surface area contributed by atoms with Gasteiger partial charge in [0.15, 0.2) is 0 Å². The van der Waals surface area contributed by atoms with Crippen LogP contribution in [0.4, 0.5) is 0 Å². The van der Waals surface area contributed by atoms with Crippen LogP contribution in [0.1, 0.15) is 46.0 Å². The third-order valence-electron chi connectivity index (χ3n) is 4.04. The summed E-state index contributed by atoms with van der Waals surface area (Å²) in [5.74, 6) is 0.343. The average molecular weight is 224 g/mol. The van der Waals surface area contributed by atoms with E-state index in [1.165, 1.54) is 12.8 Å². The van der Waals surface area contributed by atoms with Gasteiger partial charge in [0.1, 0.15) is 0 Å². The predicted octanol–water partition coefficient (Wildman–Crippen LogP) is 1.78. The molecule has 0 aromatic rings. The lowest BCUT2D eigenvalue weighted by atomic mass is 9.82. The van der Waals surface area contributed by atoms with E-state index in [4.69, 9.17) is 0 Å². The molecule has 3 heteroatoms. The summed E-state index contributed by atoms with van der Waals surface area (Å²) in [6, 6.07) is 0.106. The summed E-state index contributed by atoms with van der Waals surface area (Å²) in [7, 11) is 0. The molecule has 2 fully saturated rings. The first-order valence-electron chi connectivity index (χ1n) is 6.61. The van der Waals surface area contributed by atoms with Gasteiger partial charge >= 0.3 is 0 Å². The van der Waals surface area contributed by atoms with Crippen molar-refractivity contribution in [1.82, 2.24) is 10.2 Å². The van der Waals surface area contributed by atoms with Gasteiger partial charge in [-0.05, 0) is 37.6 Å². The van der Waals surface area contributed by atoms with E-state index in [0.29, 0.717) is 11.3 Å². The standard InChI is InChI=1S/C13H24N2O/c1-13(2)6-9-15(10-7-13)12(16)11-5-3-4-8-14-11/h11,14H,3-10H2,1-2H3. The smallest absolute Gasteiger partial charge is 0.239 e. The van der Waals surface area contributed by atoms with Crippen molar-refractivity contribution in [2.45, 2.75) is 52.0 Å². The van der Waals surface area contributed by atoms with Gasteiger partial charge < -0.3 is 10.2 Å². The second-order valence-corrected chi connectivity index (χ2v) is 5.99. The van der Waals surface area contributed by atoms with Crippen molar-refractivity contribution < 1.29 is 4.79 Å². The molecule has 1 N–H and O–H groups in total. The Balaban J connectivity index is 1.86. The number of carbonyl (C=O) groups is 1. The van der Waals surface area contributed by atoms with E-state index >= 15 is 0 Å². The lowest BCUT2D eigenvalue weighted by molar-refractivity contribution is -0.136. The van der Waals surface area contributed by atoms with Crippen LogP contribution >= 0.6 is 0 Å². The second kappa shape index (κ2) is 4.74. The largest absolute Gasteiger partial charge is 0.341 e. The summed E-state index contributed by atoms with van der Waals surface area (Å²) >= 11 is 0. The number of carbonyl (C=O) groups excluding carboxylic acids is 1. The number of hydrogen-bond donors (Lipinski definition) is 1. The third-order valence-corrected chi connectivity index (χ3v) is 4.04. The summed E-state index contributed by atoms with van der Waals surface area (Å²) in [6.45, 7) is 7.51. The summed E-state index contributed by atoms with van der Waals surface area (Å²) in [6.07, 6.45) is 5.73. The van der Waals surface area contributed by atoms with E-state index in [0.717, 1.165) is 38.9 Å². The van der Waals surface area contributed by atoms with Gasteiger partial charge in [-0.2, -0.15) is 0 Å². The van der Waals surface area contributed by atoms with Crippen molar-refractivity contribution >= 4 is 5.91 Å². The maximum atomic E-state index is 12.2. The van der Waals surface area contributed by atoms with Gasteiger partial charge in [0.25, 0.3) is 0 Å². The number of rotatable bonds is 1. The van der Waals surface area contributed by atoms with Crippen molar-refractivity contribution in [3.8, 4) is 0 Å². The van der Waals surface area contributed by atoms with Gasteiger partial charge in [0, 0.05) is 13.1 Å². The molecule has 1 atom stereocenters. The molecule has 2 aliphatic rings. The zero-order valence-electron chi connectivity index (χ0n) is 10.6. The van der Waals surface area contributed by atoms with Gasteiger partial charge in [0.2, 0.25) is 5.91 Å². The van der Waals surface area contributed by atoms with Crippen molar-refractivity contribution in [3.05, 3.63) is 0 Å². The van der Waals surface area contributed by atoms with Crippen LogP contribution in [-0.4, -0.2) is 36.5 Å². The maximum absolute atomic E-state index is 12.2. The van der Waals surface area contributed by atoms with Crippen molar-refractivity contribution in [2.75, 3.05) is 19.6 Å². The Bertz CT molecular complexity index is 247.